The van der Waals surface area contributed by atoms with Crippen molar-refractivity contribution in [3.8, 4) is 0 Å². The van der Waals surface area contributed by atoms with Crippen LogP contribution in [0.2, 0.25) is 0 Å². The Morgan fingerprint density at radius 2 is 2.00 bits per heavy atom. The second-order valence-corrected chi connectivity index (χ2v) is 3.01. The topological polar surface area (TPSA) is 20.2 Å². The van der Waals surface area contributed by atoms with Crippen LogP contribution >= 0.6 is 0 Å². The van der Waals surface area contributed by atoms with E-state index < -0.39 is 12.8 Å². The van der Waals surface area contributed by atoms with Gasteiger partial charge in [-0.15, -0.1) is 0 Å². The third-order valence-corrected chi connectivity index (χ3v) is 2.06. The van der Waals surface area contributed by atoms with E-state index >= 15 is 0 Å². The summed E-state index contributed by atoms with van der Waals surface area (Å²) in [4.78, 5) is 0. The number of aliphatic hydroxyl groups is 1. The van der Waals surface area contributed by atoms with Crippen LogP contribution in [0.1, 0.15) is 22.8 Å². The molecule has 0 aliphatic carbocycles. The number of aliphatic hydroxyl groups excluding tert-OH is 1. The summed E-state index contributed by atoms with van der Waals surface area (Å²) in [5.74, 6) is 0. The van der Waals surface area contributed by atoms with Crippen molar-refractivity contribution < 1.29 is 9.50 Å². The molecule has 1 N–H and O–H groups in total. The Morgan fingerprint density at radius 1 is 1.33 bits per heavy atom. The van der Waals surface area contributed by atoms with Crippen molar-refractivity contribution in [1.82, 2.24) is 0 Å². The molecule has 0 saturated carbocycles. The molecule has 1 rings (SSSR count). The maximum atomic E-state index is 12.1. The molecule has 0 aromatic heterocycles. The molecule has 2 heteroatoms. The van der Waals surface area contributed by atoms with Crippen LogP contribution in [0.4, 0.5) is 4.39 Å². The van der Waals surface area contributed by atoms with Gasteiger partial charge in [0.05, 0.1) is 0 Å². The van der Waals surface area contributed by atoms with Crippen molar-refractivity contribution in [3.63, 3.8) is 0 Å². The number of hydrogen-bond acceptors (Lipinski definition) is 1. The van der Waals surface area contributed by atoms with E-state index in [0.29, 0.717) is 5.56 Å². The predicted octanol–water partition coefficient (Wildman–Crippen LogP) is 2.31. The Balaban J connectivity index is 2.96. The average Bonchev–Trinajstić information content (AvgIpc) is 2.08. The molecule has 0 saturated heterocycles. The van der Waals surface area contributed by atoms with Gasteiger partial charge in [0.25, 0.3) is 0 Å². The maximum absolute atomic E-state index is 12.1. The Hall–Kier alpha value is -0.890. The van der Waals surface area contributed by atoms with Crippen LogP contribution in [0.25, 0.3) is 0 Å². The molecule has 66 valence electrons. The lowest BCUT2D eigenvalue weighted by molar-refractivity contribution is 0.141. The molecule has 0 amide bonds. The molecular weight excluding hydrogens is 155 g/mol. The first kappa shape index (κ1) is 9.20. The maximum Gasteiger partial charge on any atom is 0.119 e. The summed E-state index contributed by atoms with van der Waals surface area (Å²) in [6, 6.07) is 5.47. The zero-order chi connectivity index (χ0) is 9.14. The lowest BCUT2D eigenvalue weighted by atomic mass is 10.0. The van der Waals surface area contributed by atoms with Gasteiger partial charge in [-0.05, 0) is 30.5 Å². The molecule has 1 unspecified atom stereocenters. The number of hydrogen-bond donors (Lipinski definition) is 1. The monoisotopic (exact) mass is 168 g/mol. The van der Waals surface area contributed by atoms with Crippen LogP contribution < -0.4 is 0 Å². The third-order valence-electron chi connectivity index (χ3n) is 2.06. The summed E-state index contributed by atoms with van der Waals surface area (Å²) < 4.78 is 12.1. The van der Waals surface area contributed by atoms with Crippen molar-refractivity contribution in [3.05, 3.63) is 34.9 Å². The quantitative estimate of drug-likeness (QED) is 0.718. The molecular formula is C10H13FO. The van der Waals surface area contributed by atoms with Gasteiger partial charge in [0.2, 0.25) is 0 Å². The lowest BCUT2D eigenvalue weighted by Crippen LogP contribution is -1.99. The number of alkyl halides is 1. The Labute approximate surface area is 71.9 Å². The van der Waals surface area contributed by atoms with E-state index in [9.17, 15) is 4.39 Å². The summed E-state index contributed by atoms with van der Waals surface area (Å²) >= 11 is 0. The minimum atomic E-state index is -0.968. The van der Waals surface area contributed by atoms with Gasteiger partial charge in [0.15, 0.2) is 0 Å². The first-order valence-corrected chi connectivity index (χ1v) is 3.96. The molecule has 0 bridgehead atoms. The van der Waals surface area contributed by atoms with E-state index in [-0.39, 0.29) is 0 Å². The summed E-state index contributed by atoms with van der Waals surface area (Å²) in [5.41, 5.74) is 2.89. The Bertz CT molecular complexity index is 271. The van der Waals surface area contributed by atoms with Crippen LogP contribution in [0.15, 0.2) is 18.2 Å². The van der Waals surface area contributed by atoms with Gasteiger partial charge in [-0.2, -0.15) is 0 Å². The highest BCUT2D eigenvalue weighted by Gasteiger charge is 2.06. The van der Waals surface area contributed by atoms with E-state index in [4.69, 9.17) is 5.11 Å². The third kappa shape index (κ3) is 1.83. The van der Waals surface area contributed by atoms with Crippen LogP contribution in [0.5, 0.6) is 0 Å². The zero-order valence-electron chi connectivity index (χ0n) is 7.34. The first-order valence-electron chi connectivity index (χ1n) is 3.96. The van der Waals surface area contributed by atoms with Crippen LogP contribution in [0, 0.1) is 13.8 Å². The molecule has 1 aromatic rings. The highest BCUT2D eigenvalue weighted by atomic mass is 19.1. The number of benzene rings is 1. The number of halogens is 1. The second-order valence-electron chi connectivity index (χ2n) is 3.01. The van der Waals surface area contributed by atoms with Crippen LogP contribution in [0.3, 0.4) is 0 Å². The van der Waals surface area contributed by atoms with Crippen molar-refractivity contribution >= 4 is 0 Å². The van der Waals surface area contributed by atoms with Gasteiger partial charge in [-0.3, -0.25) is 0 Å². The number of aryl methyl sites for hydroxylation is 2. The average molecular weight is 168 g/mol. The standard InChI is InChI=1S/C10H13FO/c1-7-3-4-9(5-8(7)2)10(12)6-11/h3-5,10,12H,6H2,1-2H3. The molecule has 0 heterocycles. The molecule has 1 atom stereocenters. The van der Waals surface area contributed by atoms with Crippen molar-refractivity contribution in [1.29, 1.82) is 0 Å². The van der Waals surface area contributed by atoms with Gasteiger partial charge in [-0.1, -0.05) is 18.2 Å². The Morgan fingerprint density at radius 3 is 2.50 bits per heavy atom. The fourth-order valence-electron chi connectivity index (χ4n) is 1.06. The molecule has 1 nitrogen and oxygen atoms in total. The largest absolute Gasteiger partial charge is 0.386 e. The van der Waals surface area contributed by atoms with Crippen LogP contribution in [-0.2, 0) is 0 Å². The van der Waals surface area contributed by atoms with E-state index in [2.05, 4.69) is 0 Å². The van der Waals surface area contributed by atoms with Gasteiger partial charge in [-0.25, -0.2) is 4.39 Å². The molecule has 1 aromatic carbocycles. The zero-order valence-corrected chi connectivity index (χ0v) is 7.34. The molecule has 0 fully saturated rings. The first-order chi connectivity index (χ1) is 5.65. The predicted molar refractivity (Wildman–Crippen MR) is 46.9 cm³/mol. The molecule has 0 spiro atoms. The summed E-state index contributed by atoms with van der Waals surface area (Å²) in [6.45, 7) is 3.22. The fourth-order valence-corrected chi connectivity index (χ4v) is 1.06. The van der Waals surface area contributed by atoms with E-state index in [1.54, 1.807) is 6.07 Å². The van der Waals surface area contributed by atoms with Gasteiger partial charge in [0, 0.05) is 0 Å². The van der Waals surface area contributed by atoms with Crippen molar-refractivity contribution in [2.24, 2.45) is 0 Å². The summed E-state index contributed by atoms with van der Waals surface area (Å²) in [5, 5.41) is 9.17. The molecule has 0 aliphatic rings. The lowest BCUT2D eigenvalue weighted by Gasteiger charge is -2.08. The second kappa shape index (κ2) is 3.68. The van der Waals surface area contributed by atoms with E-state index in [1.165, 1.54) is 0 Å². The van der Waals surface area contributed by atoms with Gasteiger partial charge in [0.1, 0.15) is 12.8 Å². The highest BCUT2D eigenvalue weighted by molar-refractivity contribution is 5.31. The summed E-state index contributed by atoms with van der Waals surface area (Å²) in [7, 11) is 0. The molecule has 12 heavy (non-hydrogen) atoms. The van der Waals surface area contributed by atoms with Gasteiger partial charge >= 0.3 is 0 Å². The molecule has 0 aliphatic heterocycles. The normalized spacial score (nSPS) is 13.0. The Kier molecular flexibility index (Phi) is 2.82. The molecule has 0 radical (unpaired) electrons. The minimum Gasteiger partial charge on any atom is -0.386 e. The highest BCUT2D eigenvalue weighted by Crippen LogP contribution is 2.16. The SMILES string of the molecule is Cc1ccc(C(O)CF)cc1C. The van der Waals surface area contributed by atoms with E-state index in [1.807, 2.05) is 26.0 Å². The summed E-state index contributed by atoms with van der Waals surface area (Å²) in [6.07, 6.45) is -0.968. The van der Waals surface area contributed by atoms with Crippen molar-refractivity contribution in [2.45, 2.75) is 20.0 Å². The van der Waals surface area contributed by atoms with Crippen molar-refractivity contribution in [2.75, 3.05) is 6.67 Å². The number of rotatable bonds is 2. The van der Waals surface area contributed by atoms with E-state index in [0.717, 1.165) is 11.1 Å². The van der Waals surface area contributed by atoms with Gasteiger partial charge < -0.3 is 5.11 Å². The fraction of sp³-hybridized carbons (Fsp3) is 0.400. The minimum absolute atomic E-state index is 0.653. The smallest absolute Gasteiger partial charge is 0.119 e. The van der Waals surface area contributed by atoms with Crippen LogP contribution in [-0.4, -0.2) is 11.8 Å².